The van der Waals surface area contributed by atoms with Crippen molar-refractivity contribution in [2.24, 2.45) is 5.92 Å². The molecule has 0 spiro atoms. The second-order valence-corrected chi connectivity index (χ2v) is 4.14. The maximum absolute atomic E-state index is 11.1. The predicted octanol–water partition coefficient (Wildman–Crippen LogP) is 1.31. The van der Waals surface area contributed by atoms with Crippen molar-refractivity contribution in [3.8, 4) is 0 Å². The summed E-state index contributed by atoms with van der Waals surface area (Å²) in [5.74, 6) is -1.07. The van der Waals surface area contributed by atoms with Crippen LogP contribution in [0.5, 0.6) is 0 Å². The van der Waals surface area contributed by atoms with Gasteiger partial charge in [-0.25, -0.2) is 4.79 Å². The molecule has 1 aliphatic carbocycles. The van der Waals surface area contributed by atoms with E-state index >= 15 is 0 Å². The van der Waals surface area contributed by atoms with E-state index in [1.54, 1.807) is 20.8 Å². The first-order valence-electron chi connectivity index (χ1n) is 4.17. The first kappa shape index (κ1) is 9.23. The van der Waals surface area contributed by atoms with Gasteiger partial charge in [-0.3, -0.25) is 4.79 Å². The van der Waals surface area contributed by atoms with Crippen molar-refractivity contribution in [1.82, 2.24) is 0 Å². The molecule has 3 heteroatoms. The maximum Gasteiger partial charge on any atom is 0.375 e. The summed E-state index contributed by atoms with van der Waals surface area (Å²) >= 11 is 0. The largest absolute Gasteiger partial charge is 0.454 e. The number of carbonyl (C=O) groups is 2. The Morgan fingerprint density at radius 3 is 2.08 bits per heavy atom. The minimum Gasteiger partial charge on any atom is -0.454 e. The molecular weight excluding hydrogens is 156 g/mol. The highest BCUT2D eigenvalue weighted by Crippen LogP contribution is 2.30. The summed E-state index contributed by atoms with van der Waals surface area (Å²) in [6.07, 6.45) is 1.69. The molecule has 1 saturated carbocycles. The van der Waals surface area contributed by atoms with Gasteiger partial charge in [0, 0.05) is 5.92 Å². The average Bonchev–Trinajstić information content (AvgIpc) is 2.62. The van der Waals surface area contributed by atoms with Gasteiger partial charge in [0.05, 0.1) is 0 Å². The molecule has 3 nitrogen and oxygen atoms in total. The van der Waals surface area contributed by atoms with Crippen LogP contribution in [-0.4, -0.2) is 17.4 Å². The highest BCUT2D eigenvalue weighted by atomic mass is 16.6. The van der Waals surface area contributed by atoms with Crippen LogP contribution in [0.15, 0.2) is 0 Å². The van der Waals surface area contributed by atoms with Crippen molar-refractivity contribution in [2.45, 2.75) is 39.2 Å². The number of carbonyl (C=O) groups excluding carboxylic acids is 2. The fourth-order valence-electron chi connectivity index (χ4n) is 0.841. The van der Waals surface area contributed by atoms with E-state index in [4.69, 9.17) is 4.74 Å². The number of ether oxygens (including phenoxy) is 1. The number of rotatable bonds is 2. The highest BCUT2D eigenvalue weighted by molar-refractivity contribution is 6.35. The lowest BCUT2D eigenvalue weighted by Crippen LogP contribution is -2.29. The van der Waals surface area contributed by atoms with E-state index in [0.717, 1.165) is 12.8 Å². The van der Waals surface area contributed by atoms with E-state index in [2.05, 4.69) is 0 Å². The standard InChI is InChI=1S/C9H14O3/c1-9(2,3)12-8(11)7(10)6-4-5-6/h6H,4-5H2,1-3H3. The van der Waals surface area contributed by atoms with Crippen LogP contribution in [-0.2, 0) is 14.3 Å². The fourth-order valence-corrected chi connectivity index (χ4v) is 0.841. The van der Waals surface area contributed by atoms with E-state index in [-0.39, 0.29) is 11.7 Å². The van der Waals surface area contributed by atoms with E-state index in [9.17, 15) is 9.59 Å². The molecule has 0 aromatic carbocycles. The minimum absolute atomic E-state index is 0.0418. The van der Waals surface area contributed by atoms with Gasteiger partial charge in [-0.1, -0.05) is 0 Å². The molecule has 0 aromatic heterocycles. The van der Waals surface area contributed by atoms with Gasteiger partial charge in [0.25, 0.3) is 0 Å². The van der Waals surface area contributed by atoms with E-state index in [1.807, 2.05) is 0 Å². The summed E-state index contributed by atoms with van der Waals surface area (Å²) < 4.78 is 4.91. The molecule has 0 bridgehead atoms. The van der Waals surface area contributed by atoms with Crippen molar-refractivity contribution in [3.63, 3.8) is 0 Å². The zero-order valence-electron chi connectivity index (χ0n) is 7.72. The Morgan fingerprint density at radius 2 is 1.75 bits per heavy atom. The van der Waals surface area contributed by atoms with Gasteiger partial charge >= 0.3 is 5.97 Å². The average molecular weight is 170 g/mol. The quantitative estimate of drug-likeness (QED) is 0.463. The van der Waals surface area contributed by atoms with Crippen LogP contribution in [0.3, 0.4) is 0 Å². The molecule has 0 radical (unpaired) electrons. The molecule has 0 amide bonds. The minimum atomic E-state index is -0.676. The lowest BCUT2D eigenvalue weighted by atomic mass is 10.2. The molecule has 1 rings (SSSR count). The summed E-state index contributed by atoms with van der Waals surface area (Å²) in [7, 11) is 0. The summed E-state index contributed by atoms with van der Waals surface area (Å²) in [6, 6.07) is 0. The van der Waals surface area contributed by atoms with Gasteiger partial charge in [0.1, 0.15) is 5.60 Å². The topological polar surface area (TPSA) is 43.4 Å². The Morgan fingerprint density at radius 1 is 1.25 bits per heavy atom. The second kappa shape index (κ2) is 2.88. The number of Topliss-reactive ketones (excluding diaryl/α,β-unsaturated/α-hetero) is 1. The van der Waals surface area contributed by atoms with Crippen LogP contribution in [0.1, 0.15) is 33.6 Å². The van der Waals surface area contributed by atoms with E-state index in [0.29, 0.717) is 0 Å². The number of hydrogen-bond acceptors (Lipinski definition) is 3. The van der Waals surface area contributed by atoms with Crippen molar-refractivity contribution >= 4 is 11.8 Å². The molecule has 0 atom stereocenters. The molecule has 0 aromatic rings. The molecule has 1 fully saturated rings. The van der Waals surface area contributed by atoms with Gasteiger partial charge in [-0.2, -0.15) is 0 Å². The fraction of sp³-hybridized carbons (Fsp3) is 0.778. The summed E-state index contributed by atoms with van der Waals surface area (Å²) in [4.78, 5) is 22.2. The van der Waals surface area contributed by atoms with Crippen LogP contribution < -0.4 is 0 Å². The van der Waals surface area contributed by atoms with E-state index in [1.165, 1.54) is 0 Å². The van der Waals surface area contributed by atoms with Crippen LogP contribution >= 0.6 is 0 Å². The maximum atomic E-state index is 11.1. The summed E-state index contributed by atoms with van der Waals surface area (Å²) in [5.41, 5.74) is -0.554. The van der Waals surface area contributed by atoms with Crippen LogP contribution in [0.25, 0.3) is 0 Å². The monoisotopic (exact) mass is 170 g/mol. The van der Waals surface area contributed by atoms with Crippen molar-refractivity contribution < 1.29 is 14.3 Å². The first-order chi connectivity index (χ1) is 5.40. The zero-order valence-corrected chi connectivity index (χ0v) is 7.72. The summed E-state index contributed by atoms with van der Waals surface area (Å²) in [5, 5.41) is 0. The number of esters is 1. The molecule has 0 unspecified atom stereocenters. The number of ketones is 1. The smallest absolute Gasteiger partial charge is 0.375 e. The zero-order chi connectivity index (χ0) is 9.35. The van der Waals surface area contributed by atoms with Crippen LogP contribution in [0.4, 0.5) is 0 Å². The van der Waals surface area contributed by atoms with Gasteiger partial charge < -0.3 is 4.74 Å². The third kappa shape index (κ3) is 2.64. The molecule has 0 N–H and O–H groups in total. The van der Waals surface area contributed by atoms with Crippen molar-refractivity contribution in [1.29, 1.82) is 0 Å². The number of hydrogen-bond donors (Lipinski definition) is 0. The Balaban J connectivity index is 2.42. The summed E-state index contributed by atoms with van der Waals surface area (Å²) in [6.45, 7) is 5.27. The Bertz CT molecular complexity index is 208. The molecule has 12 heavy (non-hydrogen) atoms. The highest BCUT2D eigenvalue weighted by Gasteiger charge is 2.36. The molecule has 68 valence electrons. The molecule has 0 saturated heterocycles. The van der Waals surface area contributed by atoms with Crippen molar-refractivity contribution in [2.75, 3.05) is 0 Å². The van der Waals surface area contributed by atoms with Crippen LogP contribution in [0.2, 0.25) is 0 Å². The second-order valence-electron chi connectivity index (χ2n) is 4.14. The SMILES string of the molecule is CC(C)(C)OC(=O)C(=O)C1CC1. The third-order valence-electron chi connectivity index (χ3n) is 1.55. The van der Waals surface area contributed by atoms with Gasteiger partial charge in [-0.05, 0) is 33.6 Å². The van der Waals surface area contributed by atoms with E-state index < -0.39 is 11.6 Å². The molecular formula is C9H14O3. The van der Waals surface area contributed by atoms with Gasteiger partial charge in [0.2, 0.25) is 5.78 Å². The Hall–Kier alpha value is -0.860. The lowest BCUT2D eigenvalue weighted by molar-refractivity contribution is -0.163. The van der Waals surface area contributed by atoms with Crippen molar-refractivity contribution in [3.05, 3.63) is 0 Å². The van der Waals surface area contributed by atoms with Crippen LogP contribution in [0, 0.1) is 5.92 Å². The predicted molar refractivity (Wildman–Crippen MR) is 43.6 cm³/mol. The lowest BCUT2D eigenvalue weighted by Gasteiger charge is -2.18. The van der Waals surface area contributed by atoms with Gasteiger partial charge in [0.15, 0.2) is 0 Å². The first-order valence-corrected chi connectivity index (χ1v) is 4.17. The molecule has 1 aliphatic rings. The molecule has 0 heterocycles. The Labute approximate surface area is 72.1 Å². The normalized spacial score (nSPS) is 17.2. The Kier molecular flexibility index (Phi) is 2.22. The van der Waals surface area contributed by atoms with Gasteiger partial charge in [-0.15, -0.1) is 0 Å². The third-order valence-corrected chi connectivity index (χ3v) is 1.55. The molecule has 0 aliphatic heterocycles.